The van der Waals surface area contributed by atoms with Crippen molar-refractivity contribution >= 4 is 0 Å². The lowest BCUT2D eigenvalue weighted by molar-refractivity contribution is 0.0958. The van der Waals surface area contributed by atoms with Crippen LogP contribution in [0.4, 0.5) is 0 Å². The van der Waals surface area contributed by atoms with Gasteiger partial charge in [0, 0.05) is 6.04 Å². The highest BCUT2D eigenvalue weighted by molar-refractivity contribution is 4.95. The minimum atomic E-state index is -0.452. The topological polar surface area (TPSA) is 58.8 Å². The van der Waals surface area contributed by atoms with E-state index in [1.807, 2.05) is 0 Å². The molecule has 2 fully saturated rings. The van der Waals surface area contributed by atoms with Crippen molar-refractivity contribution in [2.75, 3.05) is 0 Å². The van der Waals surface area contributed by atoms with E-state index in [4.69, 9.17) is 10.5 Å². The highest BCUT2D eigenvalue weighted by Gasteiger charge is 2.45. The number of aliphatic hydroxyl groups is 1. The highest BCUT2D eigenvalue weighted by Crippen LogP contribution is 2.32. The van der Waals surface area contributed by atoms with Crippen LogP contribution in [-0.4, -0.2) is 29.5 Å². The van der Waals surface area contributed by atoms with Crippen molar-refractivity contribution in [1.82, 2.24) is 0 Å². The van der Waals surface area contributed by atoms with Crippen LogP contribution in [-0.2, 0) is 4.74 Å². The second-order valence-corrected chi connectivity index (χ2v) is 5.44. The Balaban J connectivity index is 1.72. The van der Waals surface area contributed by atoms with Gasteiger partial charge in [0.2, 0.25) is 0 Å². The molecule has 4 atom stereocenters. The lowest BCUT2D eigenvalue weighted by atomic mass is 9.83. The van der Waals surface area contributed by atoms with Crippen LogP contribution in [0.1, 0.15) is 51.9 Å². The van der Waals surface area contributed by atoms with Crippen LogP contribution in [0.25, 0.3) is 0 Å². The molecular formula is C13H25NO2. The number of aliphatic hydroxyl groups excluding tert-OH is 1. The van der Waals surface area contributed by atoms with Gasteiger partial charge in [-0.2, -0.15) is 0 Å². The second-order valence-electron chi connectivity index (χ2n) is 5.44. The molecule has 3 nitrogen and oxygen atoms in total. The fourth-order valence-corrected chi connectivity index (χ4v) is 2.98. The molecule has 0 radical (unpaired) electrons. The maximum Gasteiger partial charge on any atom is 0.111 e. The number of nitrogens with two attached hydrogens (primary N) is 1. The summed E-state index contributed by atoms with van der Waals surface area (Å²) in [6, 6.07) is -0.0929. The van der Waals surface area contributed by atoms with E-state index in [1.54, 1.807) is 0 Å². The molecule has 3 heteroatoms. The van der Waals surface area contributed by atoms with Crippen LogP contribution >= 0.6 is 0 Å². The maximum absolute atomic E-state index is 10.0. The van der Waals surface area contributed by atoms with Gasteiger partial charge in [-0.1, -0.05) is 39.0 Å². The lowest BCUT2D eigenvalue weighted by Crippen LogP contribution is -2.40. The van der Waals surface area contributed by atoms with E-state index in [2.05, 4.69) is 6.92 Å². The molecule has 2 rings (SSSR count). The molecule has 0 aromatic heterocycles. The van der Waals surface area contributed by atoms with E-state index in [0.717, 1.165) is 18.8 Å². The van der Waals surface area contributed by atoms with Gasteiger partial charge < -0.3 is 15.6 Å². The Bertz CT molecular complexity index is 216. The number of hydrogen-bond donors (Lipinski definition) is 2. The Labute approximate surface area is 98.4 Å². The molecule has 1 aliphatic heterocycles. The van der Waals surface area contributed by atoms with Gasteiger partial charge in [-0.05, 0) is 18.8 Å². The first kappa shape index (κ1) is 12.3. The second kappa shape index (κ2) is 5.48. The summed E-state index contributed by atoms with van der Waals surface area (Å²) in [7, 11) is 0. The Morgan fingerprint density at radius 1 is 1.31 bits per heavy atom. The summed E-state index contributed by atoms with van der Waals surface area (Å²) in [4.78, 5) is 0. The Hall–Kier alpha value is -0.120. The van der Waals surface area contributed by atoms with Crippen LogP contribution in [0, 0.1) is 5.92 Å². The fourth-order valence-electron chi connectivity index (χ4n) is 2.98. The van der Waals surface area contributed by atoms with Crippen LogP contribution < -0.4 is 5.73 Å². The lowest BCUT2D eigenvalue weighted by Gasteiger charge is -2.26. The summed E-state index contributed by atoms with van der Waals surface area (Å²) in [6.07, 6.45) is 8.41. The summed E-state index contributed by atoms with van der Waals surface area (Å²) in [5.41, 5.74) is 6.08. The van der Waals surface area contributed by atoms with E-state index >= 15 is 0 Å². The summed E-state index contributed by atoms with van der Waals surface area (Å²) >= 11 is 0. The standard InChI is InChI=1S/C13H25NO2/c1-2-11-13(16-11)12(15)10(14)8-9-6-4-3-5-7-9/h9-13,15H,2-8,14H2,1H3/t10-,11+,12-,13-/m0/s1. The van der Waals surface area contributed by atoms with E-state index in [9.17, 15) is 5.11 Å². The summed E-state index contributed by atoms with van der Waals surface area (Å²) in [5, 5.41) is 10.0. The van der Waals surface area contributed by atoms with Crippen molar-refractivity contribution in [3.63, 3.8) is 0 Å². The molecular weight excluding hydrogens is 202 g/mol. The predicted octanol–water partition coefficient (Wildman–Crippen LogP) is 1.82. The van der Waals surface area contributed by atoms with Crippen molar-refractivity contribution in [1.29, 1.82) is 0 Å². The molecule has 16 heavy (non-hydrogen) atoms. The summed E-state index contributed by atoms with van der Waals surface area (Å²) in [6.45, 7) is 2.09. The first-order valence-electron chi connectivity index (χ1n) is 6.81. The molecule has 1 aliphatic carbocycles. The van der Waals surface area contributed by atoms with Gasteiger partial charge in [-0.25, -0.2) is 0 Å². The first-order valence-corrected chi connectivity index (χ1v) is 6.81. The Morgan fingerprint density at radius 3 is 2.56 bits per heavy atom. The molecule has 0 aromatic rings. The molecule has 0 aromatic carbocycles. The largest absolute Gasteiger partial charge is 0.389 e. The Kier molecular flexibility index (Phi) is 4.22. The van der Waals surface area contributed by atoms with Crippen molar-refractivity contribution < 1.29 is 9.84 Å². The number of rotatable bonds is 5. The number of hydrogen-bond acceptors (Lipinski definition) is 3. The average Bonchev–Trinajstić information content (AvgIpc) is 3.08. The van der Waals surface area contributed by atoms with Crippen molar-refractivity contribution in [3.8, 4) is 0 Å². The van der Waals surface area contributed by atoms with E-state index < -0.39 is 6.10 Å². The van der Waals surface area contributed by atoms with Crippen LogP contribution in [0.2, 0.25) is 0 Å². The monoisotopic (exact) mass is 227 g/mol. The molecule has 0 spiro atoms. The zero-order valence-corrected chi connectivity index (χ0v) is 10.3. The predicted molar refractivity (Wildman–Crippen MR) is 64.1 cm³/mol. The molecule has 1 saturated carbocycles. The molecule has 0 unspecified atom stereocenters. The summed E-state index contributed by atoms with van der Waals surface area (Å²) < 4.78 is 5.41. The Morgan fingerprint density at radius 2 is 2.00 bits per heavy atom. The fraction of sp³-hybridized carbons (Fsp3) is 1.00. The summed E-state index contributed by atoms with van der Waals surface area (Å²) in [5.74, 6) is 0.734. The van der Waals surface area contributed by atoms with Gasteiger partial charge in [0.1, 0.15) is 6.10 Å². The zero-order chi connectivity index (χ0) is 11.5. The van der Waals surface area contributed by atoms with E-state index in [0.29, 0.717) is 0 Å². The molecule has 94 valence electrons. The number of epoxide rings is 1. The van der Waals surface area contributed by atoms with Crippen LogP contribution in [0.15, 0.2) is 0 Å². The van der Waals surface area contributed by atoms with Gasteiger partial charge >= 0.3 is 0 Å². The highest BCUT2D eigenvalue weighted by atomic mass is 16.6. The molecule has 0 bridgehead atoms. The third-order valence-corrected chi connectivity index (χ3v) is 4.13. The van der Waals surface area contributed by atoms with Gasteiger partial charge in [-0.15, -0.1) is 0 Å². The van der Waals surface area contributed by atoms with Crippen molar-refractivity contribution in [2.24, 2.45) is 11.7 Å². The molecule has 1 saturated heterocycles. The first-order chi connectivity index (χ1) is 7.72. The van der Waals surface area contributed by atoms with Crippen molar-refractivity contribution in [3.05, 3.63) is 0 Å². The normalized spacial score (nSPS) is 34.7. The number of ether oxygens (including phenoxy) is 1. The molecule has 0 amide bonds. The SMILES string of the molecule is CC[C@H]1O[C@@H]1[C@@H](O)[C@@H](N)CC1CCCCC1. The third-order valence-electron chi connectivity index (χ3n) is 4.13. The minimum absolute atomic E-state index is 0.0172. The van der Waals surface area contributed by atoms with Gasteiger partial charge in [0.15, 0.2) is 0 Å². The molecule has 1 heterocycles. The van der Waals surface area contributed by atoms with Gasteiger partial charge in [-0.3, -0.25) is 0 Å². The van der Waals surface area contributed by atoms with Crippen molar-refractivity contribution in [2.45, 2.75) is 76.2 Å². The maximum atomic E-state index is 10.0. The van der Waals surface area contributed by atoms with E-state index in [1.165, 1.54) is 32.1 Å². The third kappa shape index (κ3) is 2.96. The van der Waals surface area contributed by atoms with Gasteiger partial charge in [0.25, 0.3) is 0 Å². The van der Waals surface area contributed by atoms with Gasteiger partial charge in [0.05, 0.1) is 12.2 Å². The molecule has 3 N–H and O–H groups in total. The van der Waals surface area contributed by atoms with E-state index in [-0.39, 0.29) is 18.2 Å². The van der Waals surface area contributed by atoms with Crippen LogP contribution in [0.5, 0.6) is 0 Å². The smallest absolute Gasteiger partial charge is 0.111 e. The molecule has 2 aliphatic rings. The average molecular weight is 227 g/mol. The quantitative estimate of drug-likeness (QED) is 0.704. The van der Waals surface area contributed by atoms with Crippen LogP contribution in [0.3, 0.4) is 0 Å². The zero-order valence-electron chi connectivity index (χ0n) is 10.3. The minimum Gasteiger partial charge on any atom is -0.389 e.